The van der Waals surface area contributed by atoms with Gasteiger partial charge in [0.05, 0.1) is 44.2 Å². The first-order chi connectivity index (χ1) is 11.8. The summed E-state index contributed by atoms with van der Waals surface area (Å²) in [6.07, 6.45) is -6.17. The lowest BCUT2D eigenvalue weighted by Gasteiger charge is -2.43. The van der Waals surface area contributed by atoms with Crippen molar-refractivity contribution in [2.24, 2.45) is 5.73 Å². The van der Waals surface area contributed by atoms with Crippen LogP contribution < -0.4 is 11.1 Å². The fourth-order valence-electron chi connectivity index (χ4n) is 3.22. The topological polar surface area (TPSA) is 178 Å². The smallest absolute Gasteiger partial charge is 0.185 e. The van der Waals surface area contributed by atoms with Crippen molar-refractivity contribution >= 4 is 9.24 Å². The maximum Gasteiger partial charge on any atom is 0.185 e. The molecule has 1 heterocycles. The number of nitrogens with two attached hydrogens (primary N) is 1. The van der Waals surface area contributed by atoms with E-state index in [0.29, 0.717) is 0 Å². The number of hydrogen-bond acceptors (Lipinski definition) is 10. The van der Waals surface area contributed by atoms with Crippen LogP contribution in [-0.4, -0.2) is 111 Å². The molecule has 2 rings (SSSR count). The lowest BCUT2D eigenvalue weighted by Crippen LogP contribution is -2.65. The van der Waals surface area contributed by atoms with E-state index in [1.165, 1.54) is 0 Å². The molecule has 1 aliphatic carbocycles. The second-order valence-corrected chi connectivity index (χ2v) is 7.38. The number of nitrogens with one attached hydrogen (secondary N) is 1. The van der Waals surface area contributed by atoms with Crippen molar-refractivity contribution in [1.29, 1.82) is 0 Å². The molecule has 148 valence electrons. The normalized spacial score (nSPS) is 45.2. The summed E-state index contributed by atoms with van der Waals surface area (Å²) in [6.45, 7) is -0.972. The third kappa shape index (κ3) is 4.66. The minimum Gasteiger partial charge on any atom is -0.395 e. The summed E-state index contributed by atoms with van der Waals surface area (Å²) in [6, 6.07) is -2.00. The summed E-state index contributed by atoms with van der Waals surface area (Å²) < 4.78 is 11.0. The summed E-state index contributed by atoms with van der Waals surface area (Å²) in [5.74, 6) is 0. The third-order valence-electron chi connectivity index (χ3n) is 4.82. The van der Waals surface area contributed by atoms with Gasteiger partial charge < -0.3 is 51.2 Å². The Kier molecular flexibility index (Phi) is 7.93. The van der Waals surface area contributed by atoms with E-state index >= 15 is 0 Å². The standard InChI is InChI=1S/C14H29N2O8P/c15-6-1-7(16-5(2-17)3-18)10(21)12(9(6)20)24-14-11(22)13(25)8(4-19)23-14/h5-14,16-22H,1-4,15,25H2. The van der Waals surface area contributed by atoms with Crippen LogP contribution in [0.4, 0.5) is 0 Å². The number of rotatable bonds is 7. The van der Waals surface area contributed by atoms with Gasteiger partial charge in [0.15, 0.2) is 6.29 Å². The van der Waals surface area contributed by atoms with Gasteiger partial charge in [-0.25, -0.2) is 0 Å². The van der Waals surface area contributed by atoms with Crippen molar-refractivity contribution in [3.8, 4) is 0 Å². The molecule has 10 nitrogen and oxygen atoms in total. The maximum atomic E-state index is 10.5. The molecule has 1 saturated heterocycles. The summed E-state index contributed by atoms with van der Waals surface area (Å²) in [5.41, 5.74) is 5.46. The molecule has 0 bridgehead atoms. The number of hydrogen-bond donors (Lipinski definition) is 8. The van der Waals surface area contributed by atoms with Crippen molar-refractivity contribution in [3.05, 3.63) is 0 Å². The van der Waals surface area contributed by atoms with Gasteiger partial charge in [-0.2, -0.15) is 0 Å². The molecule has 2 fully saturated rings. The van der Waals surface area contributed by atoms with Gasteiger partial charge in [-0.3, -0.25) is 0 Å². The van der Waals surface area contributed by atoms with Crippen LogP contribution in [0.5, 0.6) is 0 Å². The average molecular weight is 384 g/mol. The molecule has 0 aromatic carbocycles. The van der Waals surface area contributed by atoms with Crippen molar-refractivity contribution in [2.75, 3.05) is 19.8 Å². The largest absolute Gasteiger partial charge is 0.395 e. The minimum absolute atomic E-state index is 0.207. The Balaban J connectivity index is 2.06. The van der Waals surface area contributed by atoms with E-state index in [4.69, 9.17) is 15.2 Å². The summed E-state index contributed by atoms with van der Waals surface area (Å²) in [5, 5.41) is 61.5. The van der Waals surface area contributed by atoms with Gasteiger partial charge in [0.1, 0.15) is 12.2 Å². The lowest BCUT2D eigenvalue weighted by atomic mass is 9.83. The third-order valence-corrected chi connectivity index (χ3v) is 5.65. The fourth-order valence-corrected chi connectivity index (χ4v) is 3.61. The lowest BCUT2D eigenvalue weighted by molar-refractivity contribution is -0.243. The first kappa shape index (κ1) is 21.3. The van der Waals surface area contributed by atoms with Crippen LogP contribution >= 0.6 is 9.24 Å². The van der Waals surface area contributed by atoms with Crippen LogP contribution in [0.1, 0.15) is 6.42 Å². The predicted molar refractivity (Wildman–Crippen MR) is 89.6 cm³/mol. The Morgan fingerprint density at radius 2 is 1.76 bits per heavy atom. The zero-order chi connectivity index (χ0) is 18.7. The molecule has 0 radical (unpaired) electrons. The molecule has 1 saturated carbocycles. The first-order valence-corrected chi connectivity index (χ1v) is 8.95. The summed E-state index contributed by atoms with van der Waals surface area (Å²) in [4.78, 5) is 0. The fraction of sp³-hybridized carbons (Fsp3) is 1.00. The van der Waals surface area contributed by atoms with Gasteiger partial charge in [0.2, 0.25) is 0 Å². The van der Waals surface area contributed by atoms with E-state index in [1.807, 2.05) is 0 Å². The van der Waals surface area contributed by atoms with Gasteiger partial charge in [-0.15, -0.1) is 9.24 Å². The van der Waals surface area contributed by atoms with E-state index in [1.54, 1.807) is 0 Å². The van der Waals surface area contributed by atoms with Crippen LogP contribution in [0.15, 0.2) is 0 Å². The minimum atomic E-state index is -1.21. The van der Waals surface area contributed by atoms with Crippen LogP contribution in [0.2, 0.25) is 0 Å². The number of aliphatic hydroxyl groups excluding tert-OH is 6. The van der Waals surface area contributed by atoms with Gasteiger partial charge in [-0.05, 0) is 6.42 Å². The van der Waals surface area contributed by atoms with Gasteiger partial charge in [0.25, 0.3) is 0 Å². The molecule has 0 aromatic rings. The Morgan fingerprint density at radius 3 is 2.28 bits per heavy atom. The van der Waals surface area contributed by atoms with Crippen LogP contribution in [-0.2, 0) is 9.47 Å². The highest BCUT2D eigenvalue weighted by Gasteiger charge is 2.48. The monoisotopic (exact) mass is 384 g/mol. The highest BCUT2D eigenvalue weighted by molar-refractivity contribution is 7.17. The quantitative estimate of drug-likeness (QED) is 0.199. The molecule has 10 unspecified atom stereocenters. The summed E-state index contributed by atoms with van der Waals surface area (Å²) >= 11 is 0. The number of ether oxygens (including phenoxy) is 2. The second-order valence-electron chi connectivity index (χ2n) is 6.61. The van der Waals surface area contributed by atoms with E-state index in [2.05, 4.69) is 14.6 Å². The second kappa shape index (κ2) is 9.29. The zero-order valence-corrected chi connectivity index (χ0v) is 14.9. The zero-order valence-electron chi connectivity index (χ0n) is 13.8. The molecule has 9 N–H and O–H groups in total. The summed E-state index contributed by atoms with van der Waals surface area (Å²) in [7, 11) is 2.37. The highest BCUT2D eigenvalue weighted by atomic mass is 31.0. The van der Waals surface area contributed by atoms with Gasteiger partial charge >= 0.3 is 0 Å². The maximum absolute atomic E-state index is 10.5. The molecule has 25 heavy (non-hydrogen) atoms. The predicted octanol–water partition coefficient (Wildman–Crippen LogP) is -4.54. The first-order valence-electron chi connectivity index (χ1n) is 8.28. The van der Waals surface area contributed by atoms with Crippen LogP contribution in [0.25, 0.3) is 0 Å². The van der Waals surface area contributed by atoms with E-state index in [0.717, 1.165) is 0 Å². The molecule has 0 aromatic heterocycles. The van der Waals surface area contributed by atoms with E-state index in [9.17, 15) is 30.6 Å². The molecule has 0 amide bonds. The molecule has 2 aliphatic rings. The molecular formula is C14H29N2O8P. The highest BCUT2D eigenvalue weighted by Crippen LogP contribution is 2.31. The van der Waals surface area contributed by atoms with Crippen molar-refractivity contribution in [1.82, 2.24) is 5.32 Å². The van der Waals surface area contributed by atoms with Crippen LogP contribution in [0.3, 0.4) is 0 Å². The molecule has 0 spiro atoms. The Labute approximate surface area is 148 Å². The van der Waals surface area contributed by atoms with E-state index < -0.39 is 60.6 Å². The molecular weight excluding hydrogens is 355 g/mol. The molecule has 10 atom stereocenters. The van der Waals surface area contributed by atoms with Crippen molar-refractivity contribution < 1.29 is 40.1 Å². The van der Waals surface area contributed by atoms with Gasteiger partial charge in [0, 0.05) is 17.7 Å². The van der Waals surface area contributed by atoms with E-state index in [-0.39, 0.29) is 26.2 Å². The Morgan fingerprint density at radius 1 is 1.12 bits per heavy atom. The number of aliphatic hydroxyl groups is 6. The Bertz CT molecular complexity index is 418. The van der Waals surface area contributed by atoms with Gasteiger partial charge in [-0.1, -0.05) is 0 Å². The van der Waals surface area contributed by atoms with Crippen LogP contribution in [0, 0.1) is 0 Å². The molecule has 1 aliphatic heterocycles. The van der Waals surface area contributed by atoms with Crippen molar-refractivity contribution in [2.45, 2.75) is 67.0 Å². The SMILES string of the molecule is NC1CC(NC(CO)CO)C(O)C(OC2OC(CO)C(P)C2O)C1O. The van der Waals surface area contributed by atoms with Crippen molar-refractivity contribution in [3.63, 3.8) is 0 Å². The molecule has 11 heteroatoms. The Hall–Kier alpha value is 0.0300. The average Bonchev–Trinajstić information content (AvgIpc) is 2.88.